The summed E-state index contributed by atoms with van der Waals surface area (Å²) in [6, 6.07) is 12.3. The summed E-state index contributed by atoms with van der Waals surface area (Å²) in [5.41, 5.74) is 2.12. The van der Waals surface area contributed by atoms with Gasteiger partial charge in [0.25, 0.3) is 0 Å². The van der Waals surface area contributed by atoms with E-state index in [0.29, 0.717) is 17.1 Å². The van der Waals surface area contributed by atoms with Crippen LogP contribution in [0.2, 0.25) is 0 Å². The molecule has 0 atom stereocenters. The van der Waals surface area contributed by atoms with Crippen LogP contribution in [0.5, 0.6) is 0 Å². The van der Waals surface area contributed by atoms with Crippen molar-refractivity contribution >= 4 is 12.2 Å². The van der Waals surface area contributed by atoms with Crippen LogP contribution in [0.1, 0.15) is 40.2 Å². The fourth-order valence-electron chi connectivity index (χ4n) is 4.03. The Kier molecular flexibility index (Phi) is 5.53. The Morgan fingerprint density at radius 3 is 2.20 bits per heavy atom. The van der Waals surface area contributed by atoms with Crippen molar-refractivity contribution in [2.45, 2.75) is 24.9 Å². The lowest BCUT2D eigenvalue weighted by Gasteiger charge is -2.33. The monoisotopic (exact) mass is 411 g/mol. The van der Waals surface area contributed by atoms with Crippen LogP contribution in [0.25, 0.3) is 11.1 Å². The SMILES string of the molecule is O=Cc1cccc(C2CCN(c3ncccn3)CC2)c1-c1ccc(C(F)(F)F)cc1. The quantitative estimate of drug-likeness (QED) is 0.543. The van der Waals surface area contributed by atoms with Crippen molar-refractivity contribution in [2.24, 2.45) is 0 Å². The van der Waals surface area contributed by atoms with E-state index in [1.54, 1.807) is 24.5 Å². The first kappa shape index (κ1) is 20.1. The molecule has 30 heavy (non-hydrogen) atoms. The molecule has 1 aliphatic heterocycles. The number of benzene rings is 2. The number of rotatable bonds is 4. The van der Waals surface area contributed by atoms with Crippen LogP contribution in [0, 0.1) is 0 Å². The Balaban J connectivity index is 1.63. The maximum Gasteiger partial charge on any atom is 0.416 e. The molecule has 0 N–H and O–H groups in total. The zero-order chi connectivity index (χ0) is 21.1. The minimum atomic E-state index is -4.39. The van der Waals surface area contributed by atoms with Crippen LogP contribution in [0.4, 0.5) is 19.1 Å². The summed E-state index contributed by atoms with van der Waals surface area (Å²) in [6.45, 7) is 1.54. The highest BCUT2D eigenvalue weighted by Crippen LogP contribution is 2.38. The molecule has 7 heteroatoms. The van der Waals surface area contributed by atoms with E-state index in [2.05, 4.69) is 14.9 Å². The van der Waals surface area contributed by atoms with E-state index in [9.17, 15) is 18.0 Å². The van der Waals surface area contributed by atoms with Crippen molar-refractivity contribution in [1.29, 1.82) is 0 Å². The Hall–Kier alpha value is -3.22. The Morgan fingerprint density at radius 2 is 1.60 bits per heavy atom. The van der Waals surface area contributed by atoms with Gasteiger partial charge in [-0.2, -0.15) is 13.2 Å². The van der Waals surface area contributed by atoms with E-state index in [4.69, 9.17) is 0 Å². The number of alkyl halides is 3. The summed E-state index contributed by atoms with van der Waals surface area (Å²) in [6.07, 6.45) is 1.49. The first-order valence-corrected chi connectivity index (χ1v) is 9.75. The normalized spacial score (nSPS) is 15.2. The fourth-order valence-corrected chi connectivity index (χ4v) is 4.03. The summed E-state index contributed by atoms with van der Waals surface area (Å²) in [7, 11) is 0. The second kappa shape index (κ2) is 8.26. The number of hydrogen-bond donors (Lipinski definition) is 0. The molecular formula is C23H20F3N3O. The summed E-state index contributed by atoms with van der Waals surface area (Å²) in [5.74, 6) is 0.891. The van der Waals surface area contributed by atoms with Gasteiger partial charge in [-0.25, -0.2) is 9.97 Å². The van der Waals surface area contributed by atoms with Gasteiger partial charge in [0.1, 0.15) is 0 Å². The summed E-state index contributed by atoms with van der Waals surface area (Å²) >= 11 is 0. The molecule has 2 heterocycles. The van der Waals surface area contributed by atoms with Gasteiger partial charge in [0.05, 0.1) is 5.56 Å². The number of hydrogen-bond acceptors (Lipinski definition) is 4. The standard InChI is InChI=1S/C23H20F3N3O/c24-23(25,26)19-7-5-17(6-8-19)21-18(15-30)3-1-4-20(21)16-9-13-29(14-10-16)22-27-11-2-12-28-22/h1-8,11-12,15-16H,9-10,13-14H2. The minimum absolute atomic E-state index is 0.196. The van der Waals surface area contributed by atoms with E-state index >= 15 is 0 Å². The van der Waals surface area contributed by atoms with E-state index in [0.717, 1.165) is 55.5 Å². The second-order valence-electron chi connectivity index (χ2n) is 7.31. The molecule has 0 amide bonds. The summed E-state index contributed by atoms with van der Waals surface area (Å²) in [5, 5.41) is 0. The molecule has 4 nitrogen and oxygen atoms in total. The number of nitrogens with zero attached hydrogens (tertiary/aromatic N) is 3. The molecule has 1 saturated heterocycles. The van der Waals surface area contributed by atoms with Crippen molar-refractivity contribution in [3.63, 3.8) is 0 Å². The zero-order valence-corrected chi connectivity index (χ0v) is 16.1. The van der Waals surface area contributed by atoms with Gasteiger partial charge < -0.3 is 4.90 Å². The predicted octanol–water partition coefficient (Wildman–Crippen LogP) is 5.36. The molecule has 1 aromatic heterocycles. The van der Waals surface area contributed by atoms with Crippen LogP contribution in [0.3, 0.4) is 0 Å². The van der Waals surface area contributed by atoms with E-state index < -0.39 is 11.7 Å². The highest BCUT2D eigenvalue weighted by molar-refractivity contribution is 5.89. The van der Waals surface area contributed by atoms with Crippen LogP contribution in [-0.4, -0.2) is 29.3 Å². The maximum atomic E-state index is 12.9. The van der Waals surface area contributed by atoms with Crippen LogP contribution < -0.4 is 4.90 Å². The van der Waals surface area contributed by atoms with Gasteiger partial charge in [-0.15, -0.1) is 0 Å². The van der Waals surface area contributed by atoms with Crippen molar-refractivity contribution in [3.05, 3.63) is 77.6 Å². The molecule has 0 spiro atoms. The third-order valence-electron chi connectivity index (χ3n) is 5.53. The number of aromatic nitrogens is 2. The molecule has 0 radical (unpaired) electrons. The fraction of sp³-hybridized carbons (Fsp3) is 0.261. The zero-order valence-electron chi connectivity index (χ0n) is 16.1. The van der Waals surface area contributed by atoms with Crippen LogP contribution in [0.15, 0.2) is 60.9 Å². The largest absolute Gasteiger partial charge is 0.416 e. The van der Waals surface area contributed by atoms with Crippen molar-refractivity contribution in [1.82, 2.24) is 9.97 Å². The highest BCUT2D eigenvalue weighted by Gasteiger charge is 2.30. The van der Waals surface area contributed by atoms with Gasteiger partial charge in [-0.05, 0) is 53.6 Å². The third kappa shape index (κ3) is 4.06. The Labute approximate surface area is 172 Å². The molecule has 0 unspecified atom stereocenters. The average Bonchev–Trinajstić information content (AvgIpc) is 2.79. The second-order valence-corrected chi connectivity index (χ2v) is 7.31. The van der Waals surface area contributed by atoms with Crippen LogP contribution in [-0.2, 0) is 6.18 Å². The Morgan fingerprint density at radius 1 is 0.933 bits per heavy atom. The molecule has 4 rings (SSSR count). The lowest BCUT2D eigenvalue weighted by Crippen LogP contribution is -2.34. The van der Waals surface area contributed by atoms with Crippen molar-refractivity contribution in [3.8, 4) is 11.1 Å². The molecule has 0 bridgehead atoms. The van der Waals surface area contributed by atoms with Crippen molar-refractivity contribution in [2.75, 3.05) is 18.0 Å². The molecule has 3 aromatic rings. The van der Waals surface area contributed by atoms with E-state index in [-0.39, 0.29) is 5.92 Å². The topological polar surface area (TPSA) is 46.1 Å². The van der Waals surface area contributed by atoms with E-state index in [1.807, 2.05) is 12.1 Å². The predicted molar refractivity (Wildman–Crippen MR) is 108 cm³/mol. The van der Waals surface area contributed by atoms with Crippen LogP contribution >= 0.6 is 0 Å². The van der Waals surface area contributed by atoms with Gasteiger partial charge in [0, 0.05) is 31.0 Å². The van der Waals surface area contributed by atoms with Gasteiger partial charge in [-0.1, -0.05) is 30.3 Å². The molecule has 1 aliphatic rings. The van der Waals surface area contributed by atoms with Gasteiger partial charge >= 0.3 is 6.18 Å². The van der Waals surface area contributed by atoms with E-state index in [1.165, 1.54) is 12.1 Å². The molecule has 2 aromatic carbocycles. The third-order valence-corrected chi connectivity index (χ3v) is 5.53. The number of anilines is 1. The highest BCUT2D eigenvalue weighted by atomic mass is 19.4. The maximum absolute atomic E-state index is 12.9. The number of carbonyl (C=O) groups is 1. The smallest absolute Gasteiger partial charge is 0.341 e. The average molecular weight is 411 g/mol. The Bertz CT molecular complexity index is 1010. The van der Waals surface area contributed by atoms with Gasteiger partial charge in [0.2, 0.25) is 5.95 Å². The lowest BCUT2D eigenvalue weighted by molar-refractivity contribution is -0.137. The number of piperidine rings is 1. The number of aldehydes is 1. The first-order valence-electron chi connectivity index (χ1n) is 9.75. The first-order chi connectivity index (χ1) is 14.5. The molecule has 154 valence electrons. The number of carbonyl (C=O) groups excluding carboxylic acids is 1. The van der Waals surface area contributed by atoms with Gasteiger partial charge in [0.15, 0.2) is 6.29 Å². The van der Waals surface area contributed by atoms with Crippen molar-refractivity contribution < 1.29 is 18.0 Å². The molecular weight excluding hydrogens is 391 g/mol. The molecule has 0 aliphatic carbocycles. The lowest BCUT2D eigenvalue weighted by atomic mass is 9.82. The molecule has 0 saturated carbocycles. The summed E-state index contributed by atoms with van der Waals surface area (Å²) in [4.78, 5) is 22.4. The minimum Gasteiger partial charge on any atom is -0.341 e. The van der Waals surface area contributed by atoms with Gasteiger partial charge in [-0.3, -0.25) is 4.79 Å². The summed E-state index contributed by atoms with van der Waals surface area (Å²) < 4.78 is 38.8. The molecule has 1 fully saturated rings. The number of halogens is 3.